The van der Waals surface area contributed by atoms with Crippen molar-refractivity contribution in [1.82, 2.24) is 0 Å². The van der Waals surface area contributed by atoms with Crippen LogP contribution in [-0.2, 0) is 9.53 Å². The maximum absolute atomic E-state index is 12.3. The number of nitriles is 1. The molecule has 7 heteroatoms. The van der Waals surface area contributed by atoms with Crippen LogP contribution in [0.4, 0.5) is 17.1 Å². The molecule has 0 fully saturated rings. The molecule has 7 nitrogen and oxygen atoms in total. The molecule has 2 aromatic carbocycles. The molecule has 132 valence electrons. The van der Waals surface area contributed by atoms with Gasteiger partial charge in [-0.3, -0.25) is 4.79 Å². The highest BCUT2D eigenvalue weighted by atomic mass is 16.5. The highest BCUT2D eigenvalue weighted by molar-refractivity contribution is 6.09. The Morgan fingerprint density at radius 3 is 2.54 bits per heavy atom. The number of rotatable bonds is 6. The fraction of sp³-hybridized carbons (Fsp3) is 0.105. The smallest absolute Gasteiger partial charge is 0.340 e. The zero-order valence-corrected chi connectivity index (χ0v) is 14.2. The number of benzene rings is 2. The number of ether oxygens (including phenoxy) is 1. The van der Waals surface area contributed by atoms with Gasteiger partial charge in [-0.2, -0.15) is 5.26 Å². The third kappa shape index (κ3) is 4.85. The Morgan fingerprint density at radius 2 is 1.88 bits per heavy atom. The molecule has 26 heavy (non-hydrogen) atoms. The number of para-hydroxylation sites is 1. The third-order valence-electron chi connectivity index (χ3n) is 3.33. The van der Waals surface area contributed by atoms with Crippen molar-refractivity contribution in [3.63, 3.8) is 0 Å². The Balaban J connectivity index is 2.15. The number of nitrogens with two attached hydrogens (primary N) is 1. The van der Waals surface area contributed by atoms with Crippen LogP contribution in [0.5, 0.6) is 0 Å². The van der Waals surface area contributed by atoms with Crippen molar-refractivity contribution >= 4 is 28.9 Å². The van der Waals surface area contributed by atoms with Crippen molar-refractivity contribution in [2.75, 3.05) is 23.0 Å². The fourth-order valence-corrected chi connectivity index (χ4v) is 2.05. The summed E-state index contributed by atoms with van der Waals surface area (Å²) in [7, 11) is 0. The molecule has 0 aliphatic heterocycles. The summed E-state index contributed by atoms with van der Waals surface area (Å²) in [5, 5.41) is 14.6. The lowest BCUT2D eigenvalue weighted by atomic mass is 10.1. The summed E-state index contributed by atoms with van der Waals surface area (Å²) in [6, 6.07) is 15.1. The van der Waals surface area contributed by atoms with E-state index in [1.807, 2.05) is 6.07 Å². The van der Waals surface area contributed by atoms with E-state index in [2.05, 4.69) is 10.6 Å². The number of esters is 1. The molecule has 4 N–H and O–H groups in total. The van der Waals surface area contributed by atoms with Gasteiger partial charge >= 0.3 is 5.97 Å². The quantitative estimate of drug-likeness (QED) is 0.319. The van der Waals surface area contributed by atoms with Crippen LogP contribution in [0.25, 0.3) is 0 Å². The van der Waals surface area contributed by atoms with Crippen LogP contribution in [0, 0.1) is 11.3 Å². The van der Waals surface area contributed by atoms with Crippen molar-refractivity contribution in [3.8, 4) is 6.07 Å². The molecule has 0 aliphatic carbocycles. The molecule has 0 aliphatic rings. The van der Waals surface area contributed by atoms with Crippen molar-refractivity contribution in [3.05, 3.63) is 65.9 Å². The number of carbonyl (C=O) groups excluding carboxylic acids is 2. The van der Waals surface area contributed by atoms with Gasteiger partial charge in [0, 0.05) is 17.6 Å². The Morgan fingerprint density at radius 1 is 1.19 bits per heavy atom. The van der Waals surface area contributed by atoms with Crippen LogP contribution in [0.15, 0.2) is 60.3 Å². The lowest BCUT2D eigenvalue weighted by Crippen LogP contribution is -2.17. The van der Waals surface area contributed by atoms with Gasteiger partial charge in [-0.15, -0.1) is 0 Å². The van der Waals surface area contributed by atoms with E-state index in [1.165, 1.54) is 12.3 Å². The van der Waals surface area contributed by atoms with E-state index in [9.17, 15) is 14.9 Å². The number of nitrogens with zero attached hydrogens (tertiary/aromatic N) is 1. The molecule has 0 radical (unpaired) electrons. The monoisotopic (exact) mass is 350 g/mol. The second kappa shape index (κ2) is 8.89. The number of amides is 1. The highest BCUT2D eigenvalue weighted by Gasteiger charge is 2.16. The van der Waals surface area contributed by atoms with Gasteiger partial charge < -0.3 is 21.1 Å². The van der Waals surface area contributed by atoms with Crippen LogP contribution in [0.1, 0.15) is 17.3 Å². The lowest BCUT2D eigenvalue weighted by molar-refractivity contribution is -0.112. The SMILES string of the molecule is CCOC(=O)c1ccccc1NC(=O)/C(C#N)=C\Nc1ccc(N)cc1. The minimum Gasteiger partial charge on any atom is -0.462 e. The van der Waals surface area contributed by atoms with E-state index >= 15 is 0 Å². The summed E-state index contributed by atoms with van der Waals surface area (Å²) in [6.45, 7) is 1.91. The molecule has 0 bridgehead atoms. The molecule has 0 unspecified atom stereocenters. The van der Waals surface area contributed by atoms with Crippen LogP contribution < -0.4 is 16.4 Å². The van der Waals surface area contributed by atoms with Gasteiger partial charge in [-0.05, 0) is 43.3 Å². The number of carbonyl (C=O) groups is 2. The predicted molar refractivity (Wildman–Crippen MR) is 99.2 cm³/mol. The number of nitrogens with one attached hydrogen (secondary N) is 2. The number of nitrogen functional groups attached to an aromatic ring is 1. The molecule has 2 aromatic rings. The molecular formula is C19H18N4O3. The number of hydrogen-bond acceptors (Lipinski definition) is 6. The summed E-state index contributed by atoms with van der Waals surface area (Å²) in [5.41, 5.74) is 7.21. The molecule has 1 amide bonds. The average molecular weight is 350 g/mol. The predicted octanol–water partition coefficient (Wildman–Crippen LogP) is 2.90. The van der Waals surface area contributed by atoms with E-state index in [1.54, 1.807) is 49.4 Å². The van der Waals surface area contributed by atoms with Crippen LogP contribution >= 0.6 is 0 Å². The first kappa shape index (κ1) is 18.5. The maximum atomic E-state index is 12.3. The van der Waals surface area contributed by atoms with Crippen molar-refractivity contribution in [1.29, 1.82) is 5.26 Å². The maximum Gasteiger partial charge on any atom is 0.340 e. The normalized spacial score (nSPS) is 10.5. The average Bonchev–Trinajstić information content (AvgIpc) is 2.64. The van der Waals surface area contributed by atoms with Crippen molar-refractivity contribution < 1.29 is 14.3 Å². The van der Waals surface area contributed by atoms with E-state index < -0.39 is 11.9 Å². The van der Waals surface area contributed by atoms with E-state index in [0.29, 0.717) is 11.4 Å². The molecular weight excluding hydrogens is 332 g/mol. The first-order valence-corrected chi connectivity index (χ1v) is 7.85. The summed E-state index contributed by atoms with van der Waals surface area (Å²) >= 11 is 0. The summed E-state index contributed by atoms with van der Waals surface area (Å²) < 4.78 is 4.96. The summed E-state index contributed by atoms with van der Waals surface area (Å²) in [5.74, 6) is -1.20. The zero-order chi connectivity index (χ0) is 18.9. The van der Waals surface area contributed by atoms with Gasteiger partial charge in [0.2, 0.25) is 0 Å². The standard InChI is InChI=1S/C19H18N4O3/c1-2-26-19(25)16-5-3-4-6-17(16)23-18(24)13(11-20)12-22-15-9-7-14(21)8-10-15/h3-10,12,22H,2,21H2,1H3,(H,23,24)/b13-12-. The Bertz CT molecular complexity index is 867. The molecule has 0 saturated carbocycles. The van der Waals surface area contributed by atoms with Crippen molar-refractivity contribution in [2.24, 2.45) is 0 Å². The van der Waals surface area contributed by atoms with E-state index in [0.717, 1.165) is 0 Å². The molecule has 0 heterocycles. The largest absolute Gasteiger partial charge is 0.462 e. The highest BCUT2D eigenvalue weighted by Crippen LogP contribution is 2.17. The minimum absolute atomic E-state index is 0.152. The Hall–Kier alpha value is -3.79. The first-order chi connectivity index (χ1) is 12.5. The topological polar surface area (TPSA) is 117 Å². The Kier molecular flexibility index (Phi) is 6.34. The molecule has 2 rings (SSSR count). The zero-order valence-electron chi connectivity index (χ0n) is 14.2. The molecule has 0 aromatic heterocycles. The summed E-state index contributed by atoms with van der Waals surface area (Å²) in [6.07, 6.45) is 1.29. The van der Waals surface area contributed by atoms with Crippen LogP contribution in [0.2, 0.25) is 0 Å². The van der Waals surface area contributed by atoms with Gasteiger partial charge in [0.25, 0.3) is 5.91 Å². The third-order valence-corrected chi connectivity index (χ3v) is 3.33. The second-order valence-corrected chi connectivity index (χ2v) is 5.16. The minimum atomic E-state index is -0.646. The van der Waals surface area contributed by atoms with Gasteiger partial charge in [-0.25, -0.2) is 4.79 Å². The molecule has 0 saturated heterocycles. The second-order valence-electron chi connectivity index (χ2n) is 5.16. The fourth-order valence-electron chi connectivity index (χ4n) is 2.05. The van der Waals surface area contributed by atoms with Gasteiger partial charge in [0.15, 0.2) is 0 Å². The number of hydrogen-bond donors (Lipinski definition) is 3. The first-order valence-electron chi connectivity index (χ1n) is 7.85. The van der Waals surface area contributed by atoms with Gasteiger partial charge in [-0.1, -0.05) is 12.1 Å². The summed E-state index contributed by atoms with van der Waals surface area (Å²) in [4.78, 5) is 24.3. The molecule has 0 spiro atoms. The number of anilines is 3. The van der Waals surface area contributed by atoms with E-state index in [-0.39, 0.29) is 23.4 Å². The van der Waals surface area contributed by atoms with E-state index in [4.69, 9.17) is 10.5 Å². The lowest BCUT2D eigenvalue weighted by Gasteiger charge is -2.10. The van der Waals surface area contributed by atoms with Gasteiger partial charge in [0.1, 0.15) is 11.6 Å². The molecule has 0 atom stereocenters. The van der Waals surface area contributed by atoms with Gasteiger partial charge in [0.05, 0.1) is 17.9 Å². The Labute approximate surface area is 151 Å². The van der Waals surface area contributed by atoms with Crippen molar-refractivity contribution in [2.45, 2.75) is 6.92 Å². The van der Waals surface area contributed by atoms with Crippen LogP contribution in [-0.4, -0.2) is 18.5 Å². The van der Waals surface area contributed by atoms with Crippen LogP contribution in [0.3, 0.4) is 0 Å².